The average Bonchev–Trinajstić information content (AvgIpc) is 2.25. The Morgan fingerprint density at radius 2 is 2.12 bits per heavy atom. The Hall–Kier alpha value is -0.610. The second-order valence-electron chi connectivity index (χ2n) is 5.69. The summed E-state index contributed by atoms with van der Waals surface area (Å²) in [6, 6.07) is 0.655. The molecule has 1 rings (SSSR count). The fourth-order valence-electron chi connectivity index (χ4n) is 2.41. The summed E-state index contributed by atoms with van der Waals surface area (Å²) in [7, 11) is 0. The summed E-state index contributed by atoms with van der Waals surface area (Å²) >= 11 is 0. The highest BCUT2D eigenvalue weighted by Gasteiger charge is 2.30. The molecule has 0 spiro atoms. The molecule has 17 heavy (non-hydrogen) atoms. The lowest BCUT2D eigenvalue weighted by Gasteiger charge is -2.39. The Kier molecular flexibility index (Phi) is 5.40. The third-order valence-electron chi connectivity index (χ3n) is 3.53. The van der Waals surface area contributed by atoms with Crippen molar-refractivity contribution in [3.05, 3.63) is 0 Å². The van der Waals surface area contributed by atoms with Gasteiger partial charge in [0, 0.05) is 25.2 Å². The van der Waals surface area contributed by atoms with Gasteiger partial charge in [-0.2, -0.15) is 0 Å². The first-order chi connectivity index (χ1) is 7.91. The molecule has 0 bridgehead atoms. The number of nitrogens with one attached hydrogen (secondary N) is 1. The number of piperidine rings is 1. The lowest BCUT2D eigenvalue weighted by atomic mass is 9.97. The number of nitrogens with zero attached hydrogens (tertiary/aromatic N) is 1. The van der Waals surface area contributed by atoms with Gasteiger partial charge in [0.2, 0.25) is 5.91 Å². The molecule has 3 unspecified atom stereocenters. The van der Waals surface area contributed by atoms with E-state index in [-0.39, 0.29) is 11.9 Å². The molecule has 0 aromatic carbocycles. The van der Waals surface area contributed by atoms with Gasteiger partial charge >= 0.3 is 0 Å². The molecule has 100 valence electrons. The van der Waals surface area contributed by atoms with Crippen molar-refractivity contribution in [2.45, 2.75) is 58.7 Å². The zero-order valence-corrected chi connectivity index (χ0v) is 11.6. The summed E-state index contributed by atoms with van der Waals surface area (Å²) in [5, 5.41) is 3.00. The number of amides is 1. The fraction of sp³-hybridized carbons (Fsp3) is 0.923. The van der Waals surface area contributed by atoms with Gasteiger partial charge in [-0.1, -0.05) is 13.8 Å². The molecule has 3 N–H and O–H groups in total. The zero-order valence-electron chi connectivity index (χ0n) is 11.6. The van der Waals surface area contributed by atoms with E-state index in [0.29, 0.717) is 18.0 Å². The lowest BCUT2D eigenvalue weighted by molar-refractivity contribution is -0.127. The Bertz CT molecular complexity index is 255. The van der Waals surface area contributed by atoms with E-state index in [9.17, 15) is 4.79 Å². The smallest absolute Gasteiger partial charge is 0.237 e. The van der Waals surface area contributed by atoms with Crippen LogP contribution in [0.1, 0.15) is 40.5 Å². The second-order valence-corrected chi connectivity index (χ2v) is 5.69. The zero-order chi connectivity index (χ0) is 13.0. The van der Waals surface area contributed by atoms with Crippen LogP contribution in [0.15, 0.2) is 0 Å². The van der Waals surface area contributed by atoms with Crippen molar-refractivity contribution in [1.82, 2.24) is 10.2 Å². The van der Waals surface area contributed by atoms with Crippen LogP contribution in [0, 0.1) is 5.92 Å². The molecule has 0 aromatic rings. The first-order valence-electron chi connectivity index (χ1n) is 6.70. The number of hydrogen-bond donors (Lipinski definition) is 2. The van der Waals surface area contributed by atoms with Gasteiger partial charge in [-0.05, 0) is 32.6 Å². The molecule has 1 amide bonds. The maximum Gasteiger partial charge on any atom is 0.237 e. The quantitative estimate of drug-likeness (QED) is 0.771. The van der Waals surface area contributed by atoms with Gasteiger partial charge in [-0.3, -0.25) is 9.69 Å². The van der Waals surface area contributed by atoms with Crippen molar-refractivity contribution < 1.29 is 4.79 Å². The first-order valence-corrected chi connectivity index (χ1v) is 6.70. The molecule has 1 saturated heterocycles. The predicted molar refractivity (Wildman–Crippen MR) is 70.7 cm³/mol. The lowest BCUT2D eigenvalue weighted by Crippen LogP contribution is -2.54. The molecule has 0 aromatic heterocycles. The average molecular weight is 241 g/mol. The van der Waals surface area contributed by atoms with E-state index < -0.39 is 0 Å². The van der Waals surface area contributed by atoms with Gasteiger partial charge in [-0.25, -0.2) is 0 Å². The molecular weight excluding hydrogens is 214 g/mol. The van der Waals surface area contributed by atoms with Gasteiger partial charge in [0.15, 0.2) is 0 Å². The largest absolute Gasteiger partial charge is 0.354 e. The molecule has 1 heterocycles. The number of nitrogens with two attached hydrogens (primary N) is 1. The highest BCUT2D eigenvalue weighted by atomic mass is 16.2. The Labute approximate surface area is 105 Å². The monoisotopic (exact) mass is 241 g/mol. The summed E-state index contributed by atoms with van der Waals surface area (Å²) in [5.74, 6) is 0.638. The van der Waals surface area contributed by atoms with Crippen molar-refractivity contribution in [2.75, 3.05) is 13.1 Å². The van der Waals surface area contributed by atoms with Crippen molar-refractivity contribution >= 4 is 5.91 Å². The van der Waals surface area contributed by atoms with E-state index in [1.807, 2.05) is 6.92 Å². The number of carbonyl (C=O) groups excluding carboxylic acids is 1. The molecule has 0 saturated carbocycles. The van der Waals surface area contributed by atoms with Crippen molar-refractivity contribution in [2.24, 2.45) is 11.7 Å². The second kappa shape index (κ2) is 6.36. The van der Waals surface area contributed by atoms with E-state index in [2.05, 4.69) is 31.0 Å². The minimum absolute atomic E-state index is 0.0451. The number of hydrogen-bond acceptors (Lipinski definition) is 3. The van der Waals surface area contributed by atoms with Crippen LogP contribution in [0.25, 0.3) is 0 Å². The first kappa shape index (κ1) is 14.5. The van der Waals surface area contributed by atoms with E-state index in [4.69, 9.17) is 5.73 Å². The van der Waals surface area contributed by atoms with E-state index >= 15 is 0 Å². The maximum absolute atomic E-state index is 12.0. The Balaban J connectivity index is 2.45. The fourth-order valence-corrected chi connectivity index (χ4v) is 2.41. The Morgan fingerprint density at radius 3 is 2.65 bits per heavy atom. The molecule has 1 aliphatic heterocycles. The summed E-state index contributed by atoms with van der Waals surface area (Å²) in [5.41, 5.74) is 5.93. The number of likely N-dealkylation sites (tertiary alicyclic amines) is 1. The minimum Gasteiger partial charge on any atom is -0.354 e. The molecule has 0 aliphatic carbocycles. The standard InChI is InChI=1S/C13H27N3O/c1-9(2)8-15-13(17)11(4)16-6-5-12(14)7-10(16)3/h9-12H,5-8,14H2,1-4H3,(H,15,17). The van der Waals surface area contributed by atoms with Gasteiger partial charge in [0.1, 0.15) is 0 Å². The van der Waals surface area contributed by atoms with Crippen molar-refractivity contribution in [3.63, 3.8) is 0 Å². The molecule has 0 radical (unpaired) electrons. The van der Waals surface area contributed by atoms with Crippen LogP contribution in [-0.2, 0) is 4.79 Å². The van der Waals surface area contributed by atoms with Crippen LogP contribution in [-0.4, -0.2) is 42.0 Å². The third-order valence-corrected chi connectivity index (χ3v) is 3.53. The summed E-state index contributed by atoms with van der Waals surface area (Å²) in [4.78, 5) is 14.3. The van der Waals surface area contributed by atoms with E-state index in [1.54, 1.807) is 0 Å². The minimum atomic E-state index is -0.0451. The number of carbonyl (C=O) groups is 1. The molecular formula is C13H27N3O. The topological polar surface area (TPSA) is 58.4 Å². The predicted octanol–water partition coefficient (Wildman–Crippen LogP) is 0.959. The Morgan fingerprint density at radius 1 is 1.47 bits per heavy atom. The summed E-state index contributed by atoms with van der Waals surface area (Å²) in [6.45, 7) is 10.0. The molecule has 3 atom stereocenters. The summed E-state index contributed by atoms with van der Waals surface area (Å²) in [6.07, 6.45) is 1.98. The maximum atomic E-state index is 12.0. The highest BCUT2D eigenvalue weighted by Crippen LogP contribution is 2.18. The van der Waals surface area contributed by atoms with Gasteiger partial charge in [0.25, 0.3) is 0 Å². The van der Waals surface area contributed by atoms with Crippen LogP contribution in [0.4, 0.5) is 0 Å². The molecule has 4 nitrogen and oxygen atoms in total. The van der Waals surface area contributed by atoms with Crippen LogP contribution < -0.4 is 11.1 Å². The summed E-state index contributed by atoms with van der Waals surface area (Å²) < 4.78 is 0. The van der Waals surface area contributed by atoms with Gasteiger partial charge in [0.05, 0.1) is 6.04 Å². The number of rotatable bonds is 4. The van der Waals surface area contributed by atoms with Crippen LogP contribution in [0.2, 0.25) is 0 Å². The third kappa shape index (κ3) is 4.28. The van der Waals surface area contributed by atoms with Gasteiger partial charge < -0.3 is 11.1 Å². The van der Waals surface area contributed by atoms with Crippen molar-refractivity contribution in [3.8, 4) is 0 Å². The molecule has 1 aliphatic rings. The van der Waals surface area contributed by atoms with E-state index in [0.717, 1.165) is 25.9 Å². The molecule has 1 fully saturated rings. The molecule has 4 heteroatoms. The van der Waals surface area contributed by atoms with Crippen LogP contribution in [0.3, 0.4) is 0 Å². The van der Waals surface area contributed by atoms with Crippen molar-refractivity contribution in [1.29, 1.82) is 0 Å². The highest BCUT2D eigenvalue weighted by molar-refractivity contribution is 5.81. The SMILES string of the molecule is CC(C)CNC(=O)C(C)N1CCC(N)CC1C. The normalized spacial score (nSPS) is 28.1. The van der Waals surface area contributed by atoms with Gasteiger partial charge in [-0.15, -0.1) is 0 Å². The van der Waals surface area contributed by atoms with Crippen LogP contribution >= 0.6 is 0 Å². The van der Waals surface area contributed by atoms with Crippen LogP contribution in [0.5, 0.6) is 0 Å². The van der Waals surface area contributed by atoms with E-state index in [1.165, 1.54) is 0 Å².